The monoisotopic (exact) mass is 357 g/mol. The Labute approximate surface area is 155 Å². The van der Waals surface area contributed by atoms with Crippen molar-refractivity contribution < 1.29 is 9.18 Å². The summed E-state index contributed by atoms with van der Waals surface area (Å²) in [7, 11) is 0. The normalized spacial score (nSPS) is 10.7. The molecule has 0 aliphatic rings. The average Bonchev–Trinajstić information content (AvgIpc) is 2.69. The number of aryl methyl sites for hydroxylation is 1. The largest absolute Gasteiger partial charge is 0.307 e. The summed E-state index contributed by atoms with van der Waals surface area (Å²) >= 11 is 0. The highest BCUT2D eigenvalue weighted by Crippen LogP contribution is 2.25. The van der Waals surface area contributed by atoms with E-state index in [2.05, 4.69) is 15.3 Å². The summed E-state index contributed by atoms with van der Waals surface area (Å²) in [6.45, 7) is 1.93. The van der Waals surface area contributed by atoms with E-state index in [-0.39, 0.29) is 11.7 Å². The molecule has 0 atom stereocenters. The van der Waals surface area contributed by atoms with E-state index in [1.54, 1.807) is 30.5 Å². The number of carbonyl (C=O) groups excluding carboxylic acids is 1. The number of halogens is 1. The number of carbonyl (C=O) groups is 1. The maximum atomic E-state index is 13.2. The van der Waals surface area contributed by atoms with Crippen molar-refractivity contribution in [2.75, 3.05) is 5.32 Å². The van der Waals surface area contributed by atoms with Gasteiger partial charge in [-0.15, -0.1) is 0 Å². The fourth-order valence-corrected chi connectivity index (χ4v) is 2.86. The van der Waals surface area contributed by atoms with E-state index in [0.717, 1.165) is 16.5 Å². The Morgan fingerprint density at radius 3 is 2.52 bits per heavy atom. The zero-order valence-corrected chi connectivity index (χ0v) is 14.6. The predicted octanol–water partition coefficient (Wildman–Crippen LogP) is 5.00. The SMILES string of the molecule is Cc1ccc(NC(=O)c2cc(-c3ccc(F)cc3)nc3ccccc23)nc1. The number of rotatable bonds is 3. The van der Waals surface area contributed by atoms with Crippen LogP contribution in [0.15, 0.2) is 72.9 Å². The number of amides is 1. The number of pyridine rings is 2. The fraction of sp³-hybridized carbons (Fsp3) is 0.0455. The molecule has 0 saturated carbocycles. The number of nitrogens with zero attached hydrogens (tertiary/aromatic N) is 2. The molecule has 1 N–H and O–H groups in total. The van der Waals surface area contributed by atoms with Crippen molar-refractivity contribution in [2.45, 2.75) is 6.92 Å². The Morgan fingerprint density at radius 2 is 1.78 bits per heavy atom. The summed E-state index contributed by atoms with van der Waals surface area (Å²) in [4.78, 5) is 21.8. The zero-order chi connectivity index (χ0) is 18.8. The Hall–Kier alpha value is -3.60. The van der Waals surface area contributed by atoms with Crippen LogP contribution in [0.3, 0.4) is 0 Å². The van der Waals surface area contributed by atoms with Crippen LogP contribution in [0.5, 0.6) is 0 Å². The molecule has 0 bridgehead atoms. The quantitative estimate of drug-likeness (QED) is 0.561. The van der Waals surface area contributed by atoms with E-state index in [4.69, 9.17) is 0 Å². The highest BCUT2D eigenvalue weighted by atomic mass is 19.1. The first-order valence-corrected chi connectivity index (χ1v) is 8.50. The van der Waals surface area contributed by atoms with Crippen molar-refractivity contribution in [3.8, 4) is 11.3 Å². The predicted molar refractivity (Wildman–Crippen MR) is 104 cm³/mol. The summed E-state index contributed by atoms with van der Waals surface area (Å²) < 4.78 is 13.2. The maximum Gasteiger partial charge on any atom is 0.257 e. The third kappa shape index (κ3) is 3.53. The lowest BCUT2D eigenvalue weighted by atomic mass is 10.0. The summed E-state index contributed by atoms with van der Waals surface area (Å²) in [5.41, 5.74) is 3.55. The van der Waals surface area contributed by atoms with Crippen molar-refractivity contribution in [1.82, 2.24) is 9.97 Å². The smallest absolute Gasteiger partial charge is 0.257 e. The lowest BCUT2D eigenvalue weighted by molar-refractivity contribution is 0.102. The lowest BCUT2D eigenvalue weighted by Crippen LogP contribution is -2.14. The summed E-state index contributed by atoms with van der Waals surface area (Å²) in [6, 6.07) is 18.9. The highest BCUT2D eigenvalue weighted by Gasteiger charge is 2.14. The van der Waals surface area contributed by atoms with Gasteiger partial charge in [0.2, 0.25) is 0 Å². The Kier molecular flexibility index (Phi) is 4.34. The van der Waals surface area contributed by atoms with Gasteiger partial charge in [-0.05, 0) is 55.0 Å². The highest BCUT2D eigenvalue weighted by molar-refractivity contribution is 6.12. The molecule has 4 aromatic rings. The maximum absolute atomic E-state index is 13.2. The van der Waals surface area contributed by atoms with Gasteiger partial charge in [0.15, 0.2) is 0 Å². The molecule has 1 amide bonds. The number of hydrogen-bond acceptors (Lipinski definition) is 3. The molecule has 0 unspecified atom stereocenters. The summed E-state index contributed by atoms with van der Waals surface area (Å²) in [5.74, 6) is -0.105. The topological polar surface area (TPSA) is 54.9 Å². The van der Waals surface area contributed by atoms with Crippen molar-refractivity contribution >= 4 is 22.6 Å². The summed E-state index contributed by atoms with van der Waals surface area (Å²) in [5, 5.41) is 3.57. The molecule has 4 nitrogen and oxygen atoms in total. The van der Waals surface area contributed by atoms with Crippen LogP contribution in [-0.4, -0.2) is 15.9 Å². The van der Waals surface area contributed by atoms with E-state index >= 15 is 0 Å². The van der Waals surface area contributed by atoms with Gasteiger partial charge in [0.25, 0.3) is 5.91 Å². The van der Waals surface area contributed by atoms with Crippen LogP contribution in [0.2, 0.25) is 0 Å². The summed E-state index contributed by atoms with van der Waals surface area (Å²) in [6.07, 6.45) is 1.70. The van der Waals surface area contributed by atoms with Gasteiger partial charge in [0.1, 0.15) is 11.6 Å². The standard InChI is InChI=1S/C22H16FN3O/c1-14-6-11-21(24-13-14)26-22(27)18-12-20(15-7-9-16(23)10-8-15)25-19-5-3-2-4-17(18)19/h2-13H,1H3,(H,24,26,27). The molecule has 27 heavy (non-hydrogen) atoms. The molecule has 0 aliphatic carbocycles. The van der Waals surface area contributed by atoms with Gasteiger partial charge in [-0.3, -0.25) is 4.79 Å². The van der Waals surface area contributed by atoms with E-state index in [9.17, 15) is 9.18 Å². The molecule has 2 heterocycles. The number of aromatic nitrogens is 2. The first-order chi connectivity index (χ1) is 13.1. The lowest BCUT2D eigenvalue weighted by Gasteiger charge is -2.10. The molecule has 132 valence electrons. The molecule has 0 spiro atoms. The first kappa shape index (κ1) is 16.8. The molecule has 0 saturated heterocycles. The fourth-order valence-electron chi connectivity index (χ4n) is 2.86. The van der Waals surface area contributed by atoms with Gasteiger partial charge in [-0.1, -0.05) is 24.3 Å². The first-order valence-electron chi connectivity index (χ1n) is 8.50. The number of nitrogens with one attached hydrogen (secondary N) is 1. The third-order valence-corrected chi connectivity index (χ3v) is 4.25. The van der Waals surface area contributed by atoms with Crippen LogP contribution >= 0.6 is 0 Å². The molecule has 0 radical (unpaired) electrons. The van der Waals surface area contributed by atoms with Crippen LogP contribution in [0.25, 0.3) is 22.2 Å². The van der Waals surface area contributed by atoms with Gasteiger partial charge in [-0.25, -0.2) is 14.4 Å². The average molecular weight is 357 g/mol. The van der Waals surface area contributed by atoms with Crippen molar-refractivity contribution in [2.24, 2.45) is 0 Å². The number of para-hydroxylation sites is 1. The van der Waals surface area contributed by atoms with E-state index in [1.165, 1.54) is 12.1 Å². The second-order valence-corrected chi connectivity index (χ2v) is 6.25. The van der Waals surface area contributed by atoms with E-state index in [1.807, 2.05) is 37.3 Å². The van der Waals surface area contributed by atoms with Gasteiger partial charge in [-0.2, -0.15) is 0 Å². The van der Waals surface area contributed by atoms with E-state index < -0.39 is 0 Å². The zero-order valence-electron chi connectivity index (χ0n) is 14.6. The molecule has 0 fully saturated rings. The third-order valence-electron chi connectivity index (χ3n) is 4.25. The molecule has 2 aromatic heterocycles. The molecule has 0 aliphatic heterocycles. The number of hydrogen-bond donors (Lipinski definition) is 1. The number of fused-ring (bicyclic) bond motifs is 1. The van der Waals surface area contributed by atoms with Crippen LogP contribution in [-0.2, 0) is 0 Å². The molecular weight excluding hydrogens is 341 g/mol. The second-order valence-electron chi connectivity index (χ2n) is 6.25. The molecule has 5 heteroatoms. The molecule has 2 aromatic carbocycles. The van der Waals surface area contributed by atoms with Crippen molar-refractivity contribution in [1.29, 1.82) is 0 Å². The minimum absolute atomic E-state index is 0.270. The number of benzene rings is 2. The molecular formula is C22H16FN3O. The van der Waals surface area contributed by atoms with Crippen LogP contribution in [0, 0.1) is 12.7 Å². The number of anilines is 1. The van der Waals surface area contributed by atoms with Gasteiger partial charge < -0.3 is 5.32 Å². The second kappa shape index (κ2) is 6.96. The van der Waals surface area contributed by atoms with Crippen LogP contribution in [0.1, 0.15) is 15.9 Å². The Balaban J connectivity index is 1.79. The van der Waals surface area contributed by atoms with Gasteiger partial charge in [0.05, 0.1) is 16.8 Å². The minimum Gasteiger partial charge on any atom is -0.307 e. The minimum atomic E-state index is -0.317. The van der Waals surface area contributed by atoms with Crippen molar-refractivity contribution in [3.05, 3.63) is 89.9 Å². The van der Waals surface area contributed by atoms with Crippen LogP contribution < -0.4 is 5.32 Å². The van der Waals surface area contributed by atoms with Gasteiger partial charge >= 0.3 is 0 Å². The Bertz CT molecular complexity index is 1120. The van der Waals surface area contributed by atoms with Crippen molar-refractivity contribution in [3.63, 3.8) is 0 Å². The Morgan fingerprint density at radius 1 is 1.00 bits per heavy atom. The molecule has 4 rings (SSSR count). The van der Waals surface area contributed by atoms with Crippen LogP contribution in [0.4, 0.5) is 10.2 Å². The van der Waals surface area contributed by atoms with Gasteiger partial charge in [0, 0.05) is 17.1 Å². The van der Waals surface area contributed by atoms with E-state index in [0.29, 0.717) is 22.6 Å².